The molecule has 0 fully saturated rings. The van der Waals surface area contributed by atoms with Gasteiger partial charge in [-0.15, -0.1) is 0 Å². The van der Waals surface area contributed by atoms with Gasteiger partial charge in [0.25, 0.3) is 0 Å². The number of amides is 1. The van der Waals surface area contributed by atoms with Crippen molar-refractivity contribution in [3.05, 3.63) is 44.1 Å². The van der Waals surface area contributed by atoms with Crippen LogP contribution in [0.4, 0.5) is 0 Å². The van der Waals surface area contributed by atoms with Crippen molar-refractivity contribution in [1.29, 1.82) is 0 Å². The molecule has 8 heteroatoms. The van der Waals surface area contributed by atoms with Crippen molar-refractivity contribution in [1.82, 2.24) is 20.3 Å². The average Bonchev–Trinajstić information content (AvgIpc) is 2.15. The number of aromatic amines is 3. The van der Waals surface area contributed by atoms with Gasteiger partial charge >= 0.3 is 17.1 Å². The number of carbonyl (C=O) groups is 1. The quantitative estimate of drug-likeness (QED) is 0.391. The summed E-state index contributed by atoms with van der Waals surface area (Å²) in [6.45, 7) is 3.22. The molecule has 1 aromatic heterocycles. The Hall–Kier alpha value is -2.38. The monoisotopic (exact) mass is 214 g/mol. The van der Waals surface area contributed by atoms with E-state index in [0.717, 1.165) is 0 Å². The molecule has 1 heterocycles. The van der Waals surface area contributed by atoms with Crippen molar-refractivity contribution < 1.29 is 4.79 Å². The standard InChI is InChI=1S/C4H7NO.C3H3N3O3/c1-3-4(6)5-2;7-1-4-2(8)6-3(9)5-1/h3H,1H2,2H3,(H,5,6);(H3,4,5,6,7,8,9). The highest BCUT2D eigenvalue weighted by Crippen LogP contribution is 1.56. The second-order valence-electron chi connectivity index (χ2n) is 2.18. The summed E-state index contributed by atoms with van der Waals surface area (Å²) < 4.78 is 0. The molecule has 1 aromatic rings. The molecule has 15 heavy (non-hydrogen) atoms. The van der Waals surface area contributed by atoms with Gasteiger partial charge in [0, 0.05) is 7.05 Å². The number of H-pyrrole nitrogens is 3. The highest BCUT2D eigenvalue weighted by molar-refractivity contribution is 5.86. The minimum absolute atomic E-state index is 0.144. The molecule has 0 unspecified atom stereocenters. The SMILES string of the molecule is C=CC(=O)NC.O=c1[nH]c(=O)[nH]c(=O)[nH]1. The van der Waals surface area contributed by atoms with E-state index in [0.29, 0.717) is 0 Å². The molecule has 82 valence electrons. The molecule has 0 atom stereocenters. The Balaban J connectivity index is 0.000000288. The third-order valence-electron chi connectivity index (χ3n) is 1.11. The highest BCUT2D eigenvalue weighted by Gasteiger charge is 1.85. The van der Waals surface area contributed by atoms with E-state index in [4.69, 9.17) is 0 Å². The van der Waals surface area contributed by atoms with E-state index in [1.165, 1.54) is 6.08 Å². The van der Waals surface area contributed by atoms with Crippen molar-refractivity contribution in [3.8, 4) is 0 Å². The minimum Gasteiger partial charge on any atom is -0.356 e. The summed E-state index contributed by atoms with van der Waals surface area (Å²) in [7, 11) is 1.56. The molecule has 0 aromatic carbocycles. The van der Waals surface area contributed by atoms with Crippen LogP contribution in [0.1, 0.15) is 0 Å². The first kappa shape index (κ1) is 12.6. The van der Waals surface area contributed by atoms with Crippen LogP contribution in [-0.4, -0.2) is 27.9 Å². The lowest BCUT2D eigenvalue weighted by Gasteiger charge is -1.82. The van der Waals surface area contributed by atoms with Crippen LogP contribution in [0.5, 0.6) is 0 Å². The Morgan fingerprint density at radius 2 is 1.47 bits per heavy atom. The summed E-state index contributed by atoms with van der Waals surface area (Å²) in [4.78, 5) is 45.9. The van der Waals surface area contributed by atoms with Crippen LogP contribution in [0.25, 0.3) is 0 Å². The number of aromatic nitrogens is 3. The zero-order valence-electron chi connectivity index (χ0n) is 7.92. The molecular weight excluding hydrogens is 204 g/mol. The second kappa shape index (κ2) is 6.13. The normalized spacial score (nSPS) is 8.33. The van der Waals surface area contributed by atoms with E-state index < -0.39 is 17.1 Å². The third kappa shape index (κ3) is 5.80. The van der Waals surface area contributed by atoms with E-state index in [2.05, 4.69) is 11.9 Å². The summed E-state index contributed by atoms with van der Waals surface area (Å²) in [6.07, 6.45) is 1.22. The first-order valence-electron chi connectivity index (χ1n) is 3.76. The van der Waals surface area contributed by atoms with Crippen LogP contribution in [0.15, 0.2) is 27.0 Å². The molecule has 0 radical (unpaired) electrons. The topological polar surface area (TPSA) is 128 Å². The van der Waals surface area contributed by atoms with Gasteiger partial charge in [-0.3, -0.25) is 19.7 Å². The van der Waals surface area contributed by atoms with Crippen molar-refractivity contribution in [3.63, 3.8) is 0 Å². The van der Waals surface area contributed by atoms with E-state index in [1.807, 2.05) is 0 Å². The maximum atomic E-state index is 10.2. The van der Waals surface area contributed by atoms with Gasteiger partial charge in [0.05, 0.1) is 0 Å². The molecule has 4 N–H and O–H groups in total. The van der Waals surface area contributed by atoms with Gasteiger partial charge in [0.15, 0.2) is 0 Å². The Bertz CT molecular complexity index is 416. The number of carbonyl (C=O) groups excluding carboxylic acids is 1. The summed E-state index contributed by atoms with van der Waals surface area (Å²) >= 11 is 0. The molecule has 1 amide bonds. The zero-order valence-corrected chi connectivity index (χ0v) is 7.92. The maximum Gasteiger partial charge on any atom is 0.330 e. The van der Waals surface area contributed by atoms with Crippen LogP contribution < -0.4 is 22.4 Å². The Morgan fingerprint density at radius 3 is 1.60 bits per heavy atom. The third-order valence-corrected chi connectivity index (χ3v) is 1.11. The second-order valence-corrected chi connectivity index (χ2v) is 2.18. The van der Waals surface area contributed by atoms with Gasteiger partial charge in [0.2, 0.25) is 5.91 Å². The van der Waals surface area contributed by atoms with Gasteiger partial charge in [-0.2, -0.15) is 0 Å². The lowest BCUT2D eigenvalue weighted by Crippen LogP contribution is -2.34. The fraction of sp³-hybridized carbons (Fsp3) is 0.143. The van der Waals surface area contributed by atoms with Crippen LogP contribution in [0.2, 0.25) is 0 Å². The van der Waals surface area contributed by atoms with E-state index >= 15 is 0 Å². The van der Waals surface area contributed by atoms with Gasteiger partial charge in [-0.05, 0) is 6.08 Å². The first-order chi connectivity index (χ1) is 6.99. The molecule has 0 saturated heterocycles. The Kier molecular flexibility index (Phi) is 5.16. The van der Waals surface area contributed by atoms with Gasteiger partial charge in [-0.1, -0.05) is 6.58 Å². The lowest BCUT2D eigenvalue weighted by atomic mass is 10.6. The number of hydrogen-bond donors (Lipinski definition) is 4. The van der Waals surface area contributed by atoms with E-state index in [-0.39, 0.29) is 5.91 Å². The molecule has 0 aliphatic rings. The fourth-order valence-electron chi connectivity index (χ4n) is 0.505. The number of likely N-dealkylation sites (N-methyl/N-ethyl adjacent to an activating group) is 1. The summed E-state index contributed by atoms with van der Waals surface area (Å²) in [5.41, 5.74) is -2.41. The first-order valence-corrected chi connectivity index (χ1v) is 3.76. The Morgan fingerprint density at radius 1 is 1.13 bits per heavy atom. The summed E-state index contributed by atoms with van der Waals surface area (Å²) in [5, 5.41) is 2.36. The smallest absolute Gasteiger partial charge is 0.330 e. The highest BCUT2D eigenvalue weighted by atomic mass is 16.2. The number of nitrogens with one attached hydrogen (secondary N) is 4. The van der Waals surface area contributed by atoms with Crippen molar-refractivity contribution in [2.24, 2.45) is 0 Å². The summed E-state index contributed by atoms with van der Waals surface area (Å²) in [5.74, 6) is -0.144. The molecule has 0 bridgehead atoms. The Labute approximate surface area is 83.1 Å². The predicted octanol–water partition coefficient (Wildman–Crippen LogP) is -2.33. The molecule has 0 saturated carbocycles. The predicted molar refractivity (Wildman–Crippen MR) is 52.6 cm³/mol. The van der Waals surface area contributed by atoms with Gasteiger partial charge in [-0.25, -0.2) is 14.4 Å². The van der Waals surface area contributed by atoms with Crippen LogP contribution in [0.3, 0.4) is 0 Å². The number of hydrogen-bond acceptors (Lipinski definition) is 4. The molecule has 8 nitrogen and oxygen atoms in total. The molecule has 0 aliphatic carbocycles. The minimum atomic E-state index is -0.802. The molecule has 0 aliphatic heterocycles. The average molecular weight is 214 g/mol. The largest absolute Gasteiger partial charge is 0.356 e. The lowest BCUT2D eigenvalue weighted by molar-refractivity contribution is -0.116. The zero-order chi connectivity index (χ0) is 11.8. The van der Waals surface area contributed by atoms with E-state index in [9.17, 15) is 19.2 Å². The van der Waals surface area contributed by atoms with Crippen LogP contribution in [0, 0.1) is 0 Å². The van der Waals surface area contributed by atoms with Crippen molar-refractivity contribution in [2.45, 2.75) is 0 Å². The molecule has 1 rings (SSSR count). The van der Waals surface area contributed by atoms with Crippen molar-refractivity contribution >= 4 is 5.91 Å². The molecule has 0 spiro atoms. The van der Waals surface area contributed by atoms with Gasteiger partial charge < -0.3 is 5.32 Å². The maximum absolute atomic E-state index is 10.2. The van der Waals surface area contributed by atoms with Crippen molar-refractivity contribution in [2.75, 3.05) is 7.05 Å². The fourth-order valence-corrected chi connectivity index (χ4v) is 0.505. The molecular formula is C7H10N4O4. The summed E-state index contributed by atoms with van der Waals surface area (Å²) in [6, 6.07) is 0. The number of rotatable bonds is 1. The van der Waals surface area contributed by atoms with Crippen LogP contribution in [-0.2, 0) is 4.79 Å². The van der Waals surface area contributed by atoms with E-state index in [1.54, 1.807) is 22.0 Å². The van der Waals surface area contributed by atoms with Gasteiger partial charge in [0.1, 0.15) is 0 Å². The van der Waals surface area contributed by atoms with Crippen LogP contribution >= 0.6 is 0 Å².